The average Bonchev–Trinajstić information content (AvgIpc) is 2.85. The zero-order valence-electron chi connectivity index (χ0n) is 13.2. The predicted molar refractivity (Wildman–Crippen MR) is 89.0 cm³/mol. The van der Waals surface area contributed by atoms with Crippen molar-refractivity contribution in [2.75, 3.05) is 20.3 Å². The number of pyridine rings is 1. The van der Waals surface area contributed by atoms with E-state index in [1.807, 2.05) is 6.07 Å². The van der Waals surface area contributed by atoms with Crippen LogP contribution in [0.5, 0.6) is 17.4 Å². The van der Waals surface area contributed by atoms with Gasteiger partial charge < -0.3 is 19.5 Å². The number of amides is 1. The fourth-order valence-electron chi connectivity index (χ4n) is 2.38. The Balaban J connectivity index is 1.75. The Morgan fingerprint density at radius 3 is 3.04 bits per heavy atom. The van der Waals surface area contributed by atoms with Crippen molar-refractivity contribution in [1.29, 1.82) is 0 Å². The van der Waals surface area contributed by atoms with Crippen LogP contribution < -0.4 is 19.5 Å². The van der Waals surface area contributed by atoms with Gasteiger partial charge in [0, 0.05) is 30.3 Å². The molecule has 0 bridgehead atoms. The van der Waals surface area contributed by atoms with Gasteiger partial charge in [-0.25, -0.2) is 4.98 Å². The van der Waals surface area contributed by atoms with E-state index in [9.17, 15) is 4.79 Å². The molecule has 1 aromatic carbocycles. The summed E-state index contributed by atoms with van der Waals surface area (Å²) in [6.07, 6.45) is 2.40. The Kier molecular flexibility index (Phi) is 5.05. The molecule has 24 heavy (non-hydrogen) atoms. The van der Waals surface area contributed by atoms with Crippen LogP contribution in [0.1, 0.15) is 22.3 Å². The average molecular weight is 349 g/mol. The molecule has 2 aromatic rings. The molecule has 1 aliphatic rings. The summed E-state index contributed by atoms with van der Waals surface area (Å²) in [5.41, 5.74) is 1.20. The first-order chi connectivity index (χ1) is 11.7. The van der Waals surface area contributed by atoms with Crippen molar-refractivity contribution in [3.63, 3.8) is 0 Å². The number of fused-ring (bicyclic) bond motifs is 1. The van der Waals surface area contributed by atoms with Crippen LogP contribution in [0.4, 0.5) is 0 Å². The van der Waals surface area contributed by atoms with Crippen molar-refractivity contribution in [2.24, 2.45) is 0 Å². The van der Waals surface area contributed by atoms with Crippen molar-refractivity contribution >= 4 is 17.5 Å². The van der Waals surface area contributed by atoms with Gasteiger partial charge in [-0.05, 0) is 18.2 Å². The summed E-state index contributed by atoms with van der Waals surface area (Å²) < 4.78 is 16.3. The largest absolute Gasteiger partial charge is 0.489 e. The highest BCUT2D eigenvalue weighted by molar-refractivity contribution is 6.32. The van der Waals surface area contributed by atoms with Crippen LogP contribution in [0.25, 0.3) is 0 Å². The Hall–Kier alpha value is -2.47. The maximum Gasteiger partial charge on any atom is 0.251 e. The lowest BCUT2D eigenvalue weighted by molar-refractivity contribution is 0.0950. The summed E-state index contributed by atoms with van der Waals surface area (Å²) in [6, 6.07) is 6.84. The van der Waals surface area contributed by atoms with E-state index in [0.717, 1.165) is 12.0 Å². The van der Waals surface area contributed by atoms with Crippen LogP contribution in [0.2, 0.25) is 5.02 Å². The minimum absolute atomic E-state index is 0.265. The molecule has 7 heteroatoms. The minimum Gasteiger partial charge on any atom is -0.489 e. The molecule has 0 unspecified atom stereocenters. The molecule has 2 heterocycles. The van der Waals surface area contributed by atoms with E-state index in [0.29, 0.717) is 47.7 Å². The van der Waals surface area contributed by atoms with E-state index >= 15 is 0 Å². The molecule has 6 nitrogen and oxygen atoms in total. The standard InChI is InChI=1S/C17H17ClN2O4/c1-22-17-11(4-2-5-19-17)10-20-16(21)12-8-13(18)15-14(9-12)23-6-3-7-24-15/h2,4-5,8-9H,3,6-7,10H2,1H3,(H,20,21). The fourth-order valence-corrected chi connectivity index (χ4v) is 2.65. The van der Waals surface area contributed by atoms with Crippen LogP contribution in [-0.4, -0.2) is 31.2 Å². The van der Waals surface area contributed by atoms with Gasteiger partial charge in [-0.3, -0.25) is 4.79 Å². The van der Waals surface area contributed by atoms with Gasteiger partial charge in [0.2, 0.25) is 5.88 Å². The molecule has 0 saturated heterocycles. The van der Waals surface area contributed by atoms with Crippen LogP contribution in [0.15, 0.2) is 30.5 Å². The molecule has 1 aromatic heterocycles. The zero-order valence-corrected chi connectivity index (χ0v) is 13.9. The SMILES string of the molecule is COc1ncccc1CNC(=O)c1cc(Cl)c2c(c1)OCCCO2. The van der Waals surface area contributed by atoms with E-state index in [-0.39, 0.29) is 5.91 Å². The van der Waals surface area contributed by atoms with Gasteiger partial charge in [0.25, 0.3) is 5.91 Å². The van der Waals surface area contributed by atoms with Crippen LogP contribution in [-0.2, 0) is 6.54 Å². The van der Waals surface area contributed by atoms with Gasteiger partial charge in [-0.2, -0.15) is 0 Å². The highest BCUT2D eigenvalue weighted by Gasteiger charge is 2.18. The number of halogens is 1. The van der Waals surface area contributed by atoms with Crippen LogP contribution in [0.3, 0.4) is 0 Å². The summed E-state index contributed by atoms with van der Waals surface area (Å²) >= 11 is 6.21. The van der Waals surface area contributed by atoms with Crippen molar-refractivity contribution in [1.82, 2.24) is 10.3 Å². The first-order valence-corrected chi connectivity index (χ1v) is 7.92. The molecular weight excluding hydrogens is 332 g/mol. The molecule has 0 fully saturated rings. The summed E-state index contributed by atoms with van der Waals surface area (Å²) in [4.78, 5) is 16.5. The highest BCUT2D eigenvalue weighted by Crippen LogP contribution is 2.37. The maximum atomic E-state index is 12.4. The number of ether oxygens (including phenoxy) is 3. The summed E-state index contributed by atoms with van der Waals surface area (Å²) in [6.45, 7) is 1.36. The zero-order chi connectivity index (χ0) is 16.9. The molecule has 1 amide bonds. The minimum atomic E-state index is -0.265. The van der Waals surface area contributed by atoms with E-state index in [1.54, 1.807) is 24.4 Å². The summed E-state index contributed by atoms with van der Waals surface area (Å²) in [5, 5.41) is 3.19. The van der Waals surface area contributed by atoms with Gasteiger partial charge in [-0.15, -0.1) is 0 Å². The van der Waals surface area contributed by atoms with E-state index in [1.165, 1.54) is 7.11 Å². The number of hydrogen-bond acceptors (Lipinski definition) is 5. The normalized spacial score (nSPS) is 13.1. The van der Waals surface area contributed by atoms with Crippen molar-refractivity contribution in [3.8, 4) is 17.4 Å². The number of benzene rings is 1. The molecule has 0 spiro atoms. The Morgan fingerprint density at radius 2 is 2.21 bits per heavy atom. The number of nitrogens with zero attached hydrogens (tertiary/aromatic N) is 1. The lowest BCUT2D eigenvalue weighted by Crippen LogP contribution is -2.23. The second kappa shape index (κ2) is 7.40. The molecule has 3 rings (SSSR count). The lowest BCUT2D eigenvalue weighted by Gasteiger charge is -2.12. The summed E-state index contributed by atoms with van der Waals surface area (Å²) in [7, 11) is 1.54. The number of rotatable bonds is 4. The third-order valence-corrected chi connectivity index (χ3v) is 3.83. The third-order valence-electron chi connectivity index (χ3n) is 3.55. The molecule has 0 saturated carbocycles. The Morgan fingerprint density at radius 1 is 1.38 bits per heavy atom. The Labute approximate surface area is 144 Å². The van der Waals surface area contributed by atoms with Gasteiger partial charge in [-0.1, -0.05) is 17.7 Å². The van der Waals surface area contributed by atoms with Gasteiger partial charge in [0.05, 0.1) is 25.3 Å². The number of methoxy groups -OCH3 is 1. The first-order valence-electron chi connectivity index (χ1n) is 7.54. The number of hydrogen-bond donors (Lipinski definition) is 1. The van der Waals surface area contributed by atoms with Gasteiger partial charge >= 0.3 is 0 Å². The second-order valence-electron chi connectivity index (χ2n) is 5.19. The van der Waals surface area contributed by atoms with E-state index in [4.69, 9.17) is 25.8 Å². The van der Waals surface area contributed by atoms with Crippen molar-refractivity contribution < 1.29 is 19.0 Å². The topological polar surface area (TPSA) is 69.7 Å². The van der Waals surface area contributed by atoms with Crippen LogP contribution >= 0.6 is 11.6 Å². The van der Waals surface area contributed by atoms with Crippen LogP contribution in [0, 0.1) is 0 Å². The molecule has 0 aliphatic carbocycles. The number of carbonyl (C=O) groups excluding carboxylic acids is 1. The molecule has 0 radical (unpaired) electrons. The molecule has 1 N–H and O–H groups in total. The van der Waals surface area contributed by atoms with E-state index < -0.39 is 0 Å². The number of aromatic nitrogens is 1. The Bertz CT molecular complexity index is 751. The molecular formula is C17H17ClN2O4. The molecule has 126 valence electrons. The number of nitrogens with one attached hydrogen (secondary N) is 1. The van der Waals surface area contributed by atoms with Crippen molar-refractivity contribution in [2.45, 2.75) is 13.0 Å². The highest BCUT2D eigenvalue weighted by atomic mass is 35.5. The van der Waals surface area contributed by atoms with Gasteiger partial charge in [0.15, 0.2) is 11.5 Å². The number of carbonyl (C=O) groups is 1. The van der Waals surface area contributed by atoms with E-state index in [2.05, 4.69) is 10.3 Å². The lowest BCUT2D eigenvalue weighted by atomic mass is 10.1. The monoisotopic (exact) mass is 348 g/mol. The first kappa shape index (κ1) is 16.4. The summed E-state index contributed by atoms with van der Waals surface area (Å²) in [5.74, 6) is 1.19. The smallest absolute Gasteiger partial charge is 0.251 e. The maximum absolute atomic E-state index is 12.4. The molecule has 1 aliphatic heterocycles. The third kappa shape index (κ3) is 3.54. The quantitative estimate of drug-likeness (QED) is 0.920. The second-order valence-corrected chi connectivity index (χ2v) is 5.60. The molecule has 0 atom stereocenters. The fraction of sp³-hybridized carbons (Fsp3) is 0.294. The van der Waals surface area contributed by atoms with Crippen molar-refractivity contribution in [3.05, 3.63) is 46.6 Å². The van der Waals surface area contributed by atoms with Gasteiger partial charge in [0.1, 0.15) is 0 Å². The predicted octanol–water partition coefficient (Wildman–Crippen LogP) is 2.83.